The number of methoxy groups -OCH3 is 1. The van der Waals surface area contributed by atoms with Crippen molar-refractivity contribution in [2.24, 2.45) is 0 Å². The van der Waals surface area contributed by atoms with Crippen LogP contribution in [0.15, 0.2) is 24.4 Å². The Morgan fingerprint density at radius 3 is 3.00 bits per heavy atom. The van der Waals surface area contributed by atoms with Gasteiger partial charge in [0.2, 0.25) is 0 Å². The minimum absolute atomic E-state index is 0.0821. The lowest BCUT2D eigenvalue weighted by Gasteiger charge is -2.50. The molecule has 0 amide bonds. The number of hydrazine groups is 1. The standard InChI is InChI=1S/C17H23N3O2/c1-21-16-13(4-2-5-14(16)18)12-10-19-20(11-12)15-6-8-17(15)7-3-9-22-17/h2,4-5,11,15,19H,3,6-10,18H2,1H3/t15-,17-/m1/s1. The molecule has 2 fully saturated rings. The maximum Gasteiger partial charge on any atom is 0.149 e. The first-order valence-electron chi connectivity index (χ1n) is 8.03. The average molecular weight is 301 g/mol. The molecule has 118 valence electrons. The molecule has 1 saturated carbocycles. The number of hydrogen-bond donors (Lipinski definition) is 2. The summed E-state index contributed by atoms with van der Waals surface area (Å²) in [7, 11) is 1.67. The zero-order chi connectivity index (χ0) is 15.2. The summed E-state index contributed by atoms with van der Waals surface area (Å²) in [5.41, 5.74) is 12.6. The van der Waals surface area contributed by atoms with Crippen LogP contribution in [0.4, 0.5) is 5.69 Å². The van der Waals surface area contributed by atoms with Gasteiger partial charge in [-0.2, -0.15) is 0 Å². The zero-order valence-electron chi connectivity index (χ0n) is 13.0. The van der Waals surface area contributed by atoms with Crippen LogP contribution in [-0.2, 0) is 4.74 Å². The molecule has 1 aliphatic carbocycles. The normalized spacial score (nSPS) is 30.5. The Hall–Kier alpha value is -1.72. The van der Waals surface area contributed by atoms with Crippen molar-refractivity contribution < 1.29 is 9.47 Å². The van der Waals surface area contributed by atoms with Gasteiger partial charge in [-0.3, -0.25) is 0 Å². The fourth-order valence-electron chi connectivity index (χ4n) is 4.00. The Balaban J connectivity index is 1.59. The maximum absolute atomic E-state index is 6.05. The maximum atomic E-state index is 6.05. The Labute approximate surface area is 131 Å². The lowest BCUT2D eigenvalue weighted by atomic mass is 9.72. The summed E-state index contributed by atoms with van der Waals surface area (Å²) in [6, 6.07) is 6.35. The van der Waals surface area contributed by atoms with Gasteiger partial charge in [0.25, 0.3) is 0 Å². The number of hydrogen-bond acceptors (Lipinski definition) is 5. The minimum atomic E-state index is 0.0821. The predicted octanol–water partition coefficient (Wildman–Crippen LogP) is 2.15. The monoisotopic (exact) mass is 301 g/mol. The zero-order valence-corrected chi connectivity index (χ0v) is 13.0. The molecule has 0 unspecified atom stereocenters. The first-order chi connectivity index (χ1) is 10.7. The molecule has 5 heteroatoms. The number of nitrogens with two attached hydrogens (primary N) is 1. The van der Waals surface area contributed by atoms with Crippen LogP contribution in [0.1, 0.15) is 31.2 Å². The van der Waals surface area contributed by atoms with E-state index in [1.54, 1.807) is 7.11 Å². The highest BCUT2D eigenvalue weighted by atomic mass is 16.5. The van der Waals surface area contributed by atoms with Crippen molar-refractivity contribution >= 4 is 11.3 Å². The molecule has 1 aromatic carbocycles. The molecule has 2 atom stereocenters. The van der Waals surface area contributed by atoms with Crippen LogP contribution in [0, 0.1) is 0 Å². The van der Waals surface area contributed by atoms with Crippen LogP contribution in [-0.4, -0.2) is 36.9 Å². The summed E-state index contributed by atoms with van der Waals surface area (Å²) in [4.78, 5) is 0. The molecule has 0 bridgehead atoms. The number of anilines is 1. The minimum Gasteiger partial charge on any atom is -0.494 e. The van der Waals surface area contributed by atoms with Gasteiger partial charge in [0.1, 0.15) is 5.75 Å². The highest BCUT2D eigenvalue weighted by Crippen LogP contribution is 2.47. The highest BCUT2D eigenvalue weighted by molar-refractivity contribution is 5.77. The summed E-state index contributed by atoms with van der Waals surface area (Å²) in [5.74, 6) is 0.762. The van der Waals surface area contributed by atoms with Gasteiger partial charge in [-0.15, -0.1) is 0 Å². The topological polar surface area (TPSA) is 59.8 Å². The Morgan fingerprint density at radius 1 is 1.41 bits per heavy atom. The molecule has 2 aliphatic heterocycles. The Kier molecular flexibility index (Phi) is 3.27. The van der Waals surface area contributed by atoms with Gasteiger partial charge in [-0.05, 0) is 37.3 Å². The number of nitrogens with one attached hydrogen (secondary N) is 1. The Morgan fingerprint density at radius 2 is 2.32 bits per heavy atom. The fraction of sp³-hybridized carbons (Fsp3) is 0.529. The quantitative estimate of drug-likeness (QED) is 0.838. The lowest BCUT2D eigenvalue weighted by molar-refractivity contribution is -0.125. The largest absolute Gasteiger partial charge is 0.494 e. The van der Waals surface area contributed by atoms with Gasteiger partial charge in [-0.25, -0.2) is 5.43 Å². The number of nitrogens with zero attached hydrogens (tertiary/aromatic N) is 1. The molecular weight excluding hydrogens is 278 g/mol. The van der Waals surface area contributed by atoms with Crippen LogP contribution >= 0.6 is 0 Å². The van der Waals surface area contributed by atoms with E-state index in [9.17, 15) is 0 Å². The summed E-state index contributed by atoms with van der Waals surface area (Å²) in [5, 5.41) is 2.24. The lowest BCUT2D eigenvalue weighted by Crippen LogP contribution is -2.60. The SMILES string of the molecule is COc1c(N)cccc1C1=CN([C@@H]2CC[C@]23CCCO3)NC1. The van der Waals surface area contributed by atoms with Crippen molar-refractivity contribution in [3.8, 4) is 5.75 Å². The van der Waals surface area contributed by atoms with Crippen LogP contribution in [0.2, 0.25) is 0 Å². The molecule has 0 radical (unpaired) electrons. The fourth-order valence-corrected chi connectivity index (χ4v) is 4.00. The molecule has 2 heterocycles. The van der Waals surface area contributed by atoms with Crippen molar-refractivity contribution in [2.45, 2.75) is 37.3 Å². The molecule has 4 rings (SSSR count). The van der Waals surface area contributed by atoms with E-state index in [0.29, 0.717) is 11.7 Å². The first-order valence-corrected chi connectivity index (χ1v) is 8.03. The van der Waals surface area contributed by atoms with Gasteiger partial charge in [0, 0.05) is 24.9 Å². The van der Waals surface area contributed by atoms with Gasteiger partial charge in [-0.1, -0.05) is 12.1 Å². The van der Waals surface area contributed by atoms with E-state index in [1.165, 1.54) is 31.3 Å². The summed E-state index contributed by atoms with van der Waals surface area (Å²) < 4.78 is 11.5. The third-order valence-electron chi connectivity index (χ3n) is 5.26. The van der Waals surface area contributed by atoms with Crippen molar-refractivity contribution in [2.75, 3.05) is 26.0 Å². The van der Waals surface area contributed by atoms with E-state index in [-0.39, 0.29) is 5.60 Å². The van der Waals surface area contributed by atoms with Gasteiger partial charge in [0.05, 0.1) is 24.4 Å². The molecule has 1 aromatic rings. The number of para-hydroxylation sites is 1. The summed E-state index contributed by atoms with van der Waals surface area (Å²) in [6.07, 6.45) is 6.93. The van der Waals surface area contributed by atoms with Crippen LogP contribution in [0.25, 0.3) is 5.57 Å². The highest BCUT2D eigenvalue weighted by Gasteiger charge is 2.52. The van der Waals surface area contributed by atoms with Crippen LogP contribution < -0.4 is 15.9 Å². The van der Waals surface area contributed by atoms with E-state index in [0.717, 1.165) is 24.5 Å². The van der Waals surface area contributed by atoms with E-state index in [2.05, 4.69) is 22.7 Å². The molecule has 3 aliphatic rings. The summed E-state index contributed by atoms with van der Waals surface area (Å²) in [6.45, 7) is 1.70. The van der Waals surface area contributed by atoms with Crippen molar-refractivity contribution in [1.82, 2.24) is 10.4 Å². The smallest absolute Gasteiger partial charge is 0.149 e. The van der Waals surface area contributed by atoms with E-state index in [4.69, 9.17) is 15.2 Å². The molecule has 3 N–H and O–H groups in total. The molecule has 0 aromatic heterocycles. The van der Waals surface area contributed by atoms with E-state index < -0.39 is 0 Å². The van der Waals surface area contributed by atoms with Gasteiger partial charge < -0.3 is 20.2 Å². The van der Waals surface area contributed by atoms with Gasteiger partial charge in [0.15, 0.2) is 0 Å². The molecule has 5 nitrogen and oxygen atoms in total. The number of ether oxygens (including phenoxy) is 2. The van der Waals surface area contributed by atoms with Crippen LogP contribution in [0.3, 0.4) is 0 Å². The average Bonchev–Trinajstić information content (AvgIpc) is 3.16. The second kappa shape index (κ2) is 5.18. The third-order valence-corrected chi connectivity index (χ3v) is 5.26. The third kappa shape index (κ3) is 2.00. The number of nitrogen functional groups attached to an aromatic ring is 1. The van der Waals surface area contributed by atoms with Gasteiger partial charge >= 0.3 is 0 Å². The molecule has 22 heavy (non-hydrogen) atoms. The second-order valence-corrected chi connectivity index (χ2v) is 6.40. The molecule has 1 spiro atoms. The molecular formula is C17H23N3O2. The van der Waals surface area contributed by atoms with E-state index in [1.807, 2.05) is 12.1 Å². The first kappa shape index (κ1) is 13.9. The van der Waals surface area contributed by atoms with Crippen molar-refractivity contribution in [3.05, 3.63) is 30.0 Å². The number of benzene rings is 1. The van der Waals surface area contributed by atoms with Crippen molar-refractivity contribution in [1.29, 1.82) is 0 Å². The number of rotatable bonds is 3. The Bertz CT molecular complexity index is 608. The van der Waals surface area contributed by atoms with Crippen LogP contribution in [0.5, 0.6) is 5.75 Å². The second-order valence-electron chi connectivity index (χ2n) is 6.40. The molecule has 1 saturated heterocycles. The van der Waals surface area contributed by atoms with E-state index >= 15 is 0 Å². The van der Waals surface area contributed by atoms with Crippen molar-refractivity contribution in [3.63, 3.8) is 0 Å². The summed E-state index contributed by atoms with van der Waals surface area (Å²) >= 11 is 0. The predicted molar refractivity (Wildman–Crippen MR) is 86.2 cm³/mol.